The number of hydrogen-bond acceptors (Lipinski definition) is 6. The molecule has 0 rings (SSSR count). The van der Waals surface area contributed by atoms with Crippen molar-refractivity contribution in [2.75, 3.05) is 25.6 Å². The van der Waals surface area contributed by atoms with Crippen molar-refractivity contribution in [3.8, 4) is 0 Å². The van der Waals surface area contributed by atoms with Crippen LogP contribution in [0.2, 0.25) is 0 Å². The van der Waals surface area contributed by atoms with Crippen LogP contribution in [0.4, 0.5) is 4.79 Å². The molecule has 0 fully saturated rings. The maximum Gasteiger partial charge on any atom is 0.435 e. The number of ether oxygens (including phenoxy) is 2. The minimum Gasteiger partial charge on any atom is -0.456 e. The number of unbranched alkanes of at least 4 members (excludes halogenated alkanes) is 14. The van der Waals surface area contributed by atoms with Gasteiger partial charge in [-0.15, -0.1) is 0 Å². The molecule has 0 saturated heterocycles. The van der Waals surface area contributed by atoms with E-state index in [1.54, 1.807) is 6.92 Å². The predicted octanol–water partition coefficient (Wildman–Crippen LogP) is 10.9. The van der Waals surface area contributed by atoms with Crippen LogP contribution in [0.25, 0.3) is 0 Å². The number of thioether (sulfide) groups is 1. The van der Waals surface area contributed by atoms with Gasteiger partial charge in [-0.1, -0.05) is 131 Å². The standard InChI is InChI=1S/C32H65O6PS/c1-7-9-11-13-15-16-17-18-20-22-26-40-30(23-21-19-14-12-10-8-2)24-25-36-29(3)27-38-39(34,35)31(33)37-28-32(4,5)6/h29-30H,7-28H2,1-6H3,(H,34,35). The number of carbonyl (C=O) groups excluding carboxylic acids is 1. The van der Waals surface area contributed by atoms with E-state index in [9.17, 15) is 14.3 Å². The van der Waals surface area contributed by atoms with Crippen LogP contribution < -0.4 is 0 Å². The van der Waals surface area contributed by atoms with Gasteiger partial charge in [0.1, 0.15) is 0 Å². The van der Waals surface area contributed by atoms with Gasteiger partial charge in [-0.3, -0.25) is 4.52 Å². The van der Waals surface area contributed by atoms with Gasteiger partial charge in [0.15, 0.2) is 0 Å². The SMILES string of the molecule is CCCCCCCCCCCCSC(CCCCCCCC)CCOC(C)COP(=O)(O)C(=O)OCC(C)(C)C. The molecular formula is C32H65O6PS. The molecule has 0 spiro atoms. The molecular weight excluding hydrogens is 543 g/mol. The van der Waals surface area contributed by atoms with E-state index in [-0.39, 0.29) is 24.7 Å². The molecule has 40 heavy (non-hydrogen) atoms. The van der Waals surface area contributed by atoms with Crippen LogP contribution in [0, 0.1) is 5.41 Å². The molecule has 3 unspecified atom stereocenters. The molecule has 240 valence electrons. The van der Waals surface area contributed by atoms with Gasteiger partial charge in [-0.05, 0) is 37.4 Å². The van der Waals surface area contributed by atoms with Crippen molar-refractivity contribution in [1.82, 2.24) is 0 Å². The molecule has 8 heteroatoms. The monoisotopic (exact) mass is 608 g/mol. The second kappa shape index (κ2) is 25.4. The fraction of sp³-hybridized carbons (Fsp3) is 0.969. The molecule has 0 heterocycles. The zero-order chi connectivity index (χ0) is 30.1. The fourth-order valence-corrected chi connectivity index (χ4v) is 6.42. The highest BCUT2D eigenvalue weighted by Crippen LogP contribution is 2.44. The highest BCUT2D eigenvalue weighted by Gasteiger charge is 2.34. The van der Waals surface area contributed by atoms with Gasteiger partial charge in [0.25, 0.3) is 0 Å². The fourth-order valence-electron chi connectivity index (χ4n) is 4.37. The van der Waals surface area contributed by atoms with Gasteiger partial charge in [0.2, 0.25) is 0 Å². The lowest BCUT2D eigenvalue weighted by atomic mass is 9.99. The first kappa shape index (κ1) is 39.9. The molecule has 0 saturated carbocycles. The predicted molar refractivity (Wildman–Crippen MR) is 173 cm³/mol. The average molecular weight is 609 g/mol. The summed E-state index contributed by atoms with van der Waals surface area (Å²) < 4.78 is 28.1. The Kier molecular flexibility index (Phi) is 25.4. The van der Waals surface area contributed by atoms with E-state index in [1.807, 2.05) is 20.8 Å². The Hall–Kier alpha value is -0.0700. The number of carbonyl (C=O) groups is 1. The molecule has 1 N–H and O–H groups in total. The minimum absolute atomic E-state index is 0.0581. The van der Waals surface area contributed by atoms with E-state index in [4.69, 9.17) is 14.0 Å². The van der Waals surface area contributed by atoms with Crippen LogP contribution >= 0.6 is 19.4 Å². The molecule has 6 nitrogen and oxygen atoms in total. The summed E-state index contributed by atoms with van der Waals surface area (Å²) in [5, 5.41) is 0.578. The summed E-state index contributed by atoms with van der Waals surface area (Å²) in [6, 6.07) is 0. The summed E-state index contributed by atoms with van der Waals surface area (Å²) in [6.45, 7) is 12.5. The first-order valence-electron chi connectivity index (χ1n) is 16.4. The quantitative estimate of drug-likeness (QED) is 0.0699. The molecule has 0 aliphatic carbocycles. The summed E-state index contributed by atoms with van der Waals surface area (Å²) >= 11 is 2.09. The van der Waals surface area contributed by atoms with Crippen LogP contribution in [0.15, 0.2) is 0 Å². The zero-order valence-electron chi connectivity index (χ0n) is 27.1. The summed E-state index contributed by atoms with van der Waals surface area (Å²) in [6.07, 6.45) is 23.3. The Labute approximate surface area is 252 Å². The summed E-state index contributed by atoms with van der Waals surface area (Å²) in [5.74, 6) is 1.21. The van der Waals surface area contributed by atoms with Gasteiger partial charge in [0.05, 0.1) is 19.3 Å². The summed E-state index contributed by atoms with van der Waals surface area (Å²) in [7, 11) is -4.48. The van der Waals surface area contributed by atoms with Crippen molar-refractivity contribution in [3.63, 3.8) is 0 Å². The number of hydrogen-bond donors (Lipinski definition) is 1. The molecule has 0 aliphatic rings. The van der Waals surface area contributed by atoms with Crippen molar-refractivity contribution in [2.45, 2.75) is 168 Å². The van der Waals surface area contributed by atoms with Crippen LogP contribution in [-0.4, -0.2) is 47.5 Å². The molecule has 0 aliphatic heterocycles. The Morgan fingerprint density at radius 3 is 1.82 bits per heavy atom. The molecule has 0 bridgehead atoms. The van der Waals surface area contributed by atoms with Gasteiger partial charge >= 0.3 is 13.3 Å². The first-order valence-corrected chi connectivity index (χ1v) is 19.0. The Morgan fingerprint density at radius 1 is 0.800 bits per heavy atom. The average Bonchev–Trinajstić information content (AvgIpc) is 2.90. The maximum atomic E-state index is 12.2. The van der Waals surface area contributed by atoms with Crippen molar-refractivity contribution >= 4 is 25.1 Å². The molecule has 0 aromatic heterocycles. The zero-order valence-corrected chi connectivity index (χ0v) is 28.8. The van der Waals surface area contributed by atoms with Crippen molar-refractivity contribution in [3.05, 3.63) is 0 Å². The summed E-state index contributed by atoms with van der Waals surface area (Å²) in [5.41, 5.74) is -1.49. The van der Waals surface area contributed by atoms with Crippen molar-refractivity contribution < 1.29 is 28.3 Å². The number of rotatable bonds is 28. The Bertz CT molecular complexity index is 639. The normalized spacial score (nSPS) is 15.1. The first-order chi connectivity index (χ1) is 19.0. The largest absolute Gasteiger partial charge is 0.456 e. The van der Waals surface area contributed by atoms with Crippen LogP contribution in [0.3, 0.4) is 0 Å². The minimum atomic E-state index is -4.48. The molecule has 0 radical (unpaired) electrons. The topological polar surface area (TPSA) is 82.1 Å². The third kappa shape index (κ3) is 25.6. The van der Waals surface area contributed by atoms with Gasteiger partial charge in [-0.25, -0.2) is 9.36 Å². The molecule has 0 aromatic rings. The Balaban J connectivity index is 4.30. The van der Waals surface area contributed by atoms with E-state index in [2.05, 4.69) is 25.6 Å². The van der Waals surface area contributed by atoms with E-state index < -0.39 is 13.3 Å². The summed E-state index contributed by atoms with van der Waals surface area (Å²) in [4.78, 5) is 21.9. The lowest BCUT2D eigenvalue weighted by Gasteiger charge is -2.21. The lowest BCUT2D eigenvalue weighted by molar-refractivity contribution is 0.0270. The van der Waals surface area contributed by atoms with Gasteiger partial charge in [0, 0.05) is 11.9 Å². The van der Waals surface area contributed by atoms with Gasteiger partial charge < -0.3 is 14.4 Å². The van der Waals surface area contributed by atoms with Crippen LogP contribution in [0.5, 0.6) is 0 Å². The second-order valence-corrected chi connectivity index (χ2v) is 15.7. The highest BCUT2D eigenvalue weighted by atomic mass is 32.2. The van der Waals surface area contributed by atoms with E-state index in [1.165, 1.54) is 115 Å². The lowest BCUT2D eigenvalue weighted by Crippen LogP contribution is -2.21. The molecule has 0 amide bonds. The second-order valence-electron chi connectivity index (χ2n) is 12.6. The van der Waals surface area contributed by atoms with Gasteiger partial charge in [-0.2, -0.15) is 11.8 Å². The van der Waals surface area contributed by atoms with Crippen molar-refractivity contribution in [2.24, 2.45) is 5.41 Å². The molecule has 0 aromatic carbocycles. The van der Waals surface area contributed by atoms with E-state index >= 15 is 0 Å². The van der Waals surface area contributed by atoms with E-state index in [0.717, 1.165) is 6.42 Å². The van der Waals surface area contributed by atoms with Crippen LogP contribution in [0.1, 0.15) is 157 Å². The smallest absolute Gasteiger partial charge is 0.435 e. The van der Waals surface area contributed by atoms with Crippen molar-refractivity contribution in [1.29, 1.82) is 0 Å². The van der Waals surface area contributed by atoms with E-state index in [0.29, 0.717) is 11.9 Å². The molecule has 3 atom stereocenters. The maximum absolute atomic E-state index is 12.2. The third-order valence-corrected chi connectivity index (χ3v) is 9.47. The third-order valence-electron chi connectivity index (χ3n) is 6.92. The highest BCUT2D eigenvalue weighted by molar-refractivity contribution is 7.99. The van der Waals surface area contributed by atoms with Crippen LogP contribution in [-0.2, 0) is 18.6 Å². The Morgan fingerprint density at radius 2 is 1.30 bits per heavy atom.